The highest BCUT2D eigenvalue weighted by molar-refractivity contribution is 7.13. The highest BCUT2D eigenvalue weighted by Crippen LogP contribution is 2.24. The van der Waals surface area contributed by atoms with Crippen molar-refractivity contribution >= 4 is 23.2 Å². The Bertz CT molecular complexity index is 803. The van der Waals surface area contributed by atoms with Gasteiger partial charge in [-0.15, -0.1) is 11.3 Å². The largest absolute Gasteiger partial charge is 0.480 e. The van der Waals surface area contributed by atoms with E-state index in [1.165, 1.54) is 19.1 Å². The molecular weight excluding hydrogens is 376 g/mol. The first-order valence-corrected chi connectivity index (χ1v) is 8.18. The first-order chi connectivity index (χ1) is 12.0. The van der Waals surface area contributed by atoms with Crippen molar-refractivity contribution in [1.82, 2.24) is 10.3 Å². The lowest BCUT2D eigenvalue weighted by atomic mass is 10.1. The molecule has 26 heavy (non-hydrogen) atoms. The van der Waals surface area contributed by atoms with Crippen LogP contribution in [0.25, 0.3) is 0 Å². The van der Waals surface area contributed by atoms with Gasteiger partial charge >= 0.3 is 12.1 Å². The number of benzene rings is 1. The molecule has 0 aliphatic heterocycles. The van der Waals surface area contributed by atoms with Gasteiger partial charge in [-0.1, -0.05) is 12.1 Å². The Labute approximate surface area is 149 Å². The van der Waals surface area contributed by atoms with Gasteiger partial charge < -0.3 is 10.4 Å². The van der Waals surface area contributed by atoms with Crippen LogP contribution >= 0.6 is 11.3 Å². The van der Waals surface area contributed by atoms with E-state index in [1.807, 2.05) is 5.32 Å². The summed E-state index contributed by atoms with van der Waals surface area (Å²) < 4.78 is 50.2. The Morgan fingerprint density at radius 1 is 1.27 bits per heavy atom. The van der Waals surface area contributed by atoms with Crippen LogP contribution in [0.4, 0.5) is 17.6 Å². The molecule has 0 saturated carbocycles. The van der Waals surface area contributed by atoms with Crippen molar-refractivity contribution in [2.24, 2.45) is 0 Å². The quantitative estimate of drug-likeness (QED) is 0.742. The zero-order valence-electron chi connectivity index (χ0n) is 13.4. The average Bonchev–Trinajstić information content (AvgIpc) is 2.88. The number of carbonyl (C=O) groups excluding carboxylic acids is 1. The Kier molecular flexibility index (Phi) is 5.96. The molecule has 0 saturated heterocycles. The summed E-state index contributed by atoms with van der Waals surface area (Å²) in [6, 6.07) is 3.57. The highest BCUT2D eigenvalue weighted by Gasteiger charge is 2.36. The van der Waals surface area contributed by atoms with Crippen LogP contribution in [0.2, 0.25) is 0 Å². The summed E-state index contributed by atoms with van der Waals surface area (Å²) in [5.41, 5.74) is 1.02. The van der Waals surface area contributed by atoms with Crippen molar-refractivity contribution in [2.75, 3.05) is 0 Å². The topological polar surface area (TPSA) is 79.3 Å². The van der Waals surface area contributed by atoms with Gasteiger partial charge in [-0.2, -0.15) is 13.2 Å². The molecule has 2 aromatic rings. The summed E-state index contributed by atoms with van der Waals surface area (Å²) in [6.07, 6.45) is -6.09. The van der Waals surface area contributed by atoms with Crippen LogP contribution in [-0.4, -0.2) is 34.2 Å². The summed E-state index contributed by atoms with van der Waals surface area (Å²) >= 11 is 0.947. The second-order valence-electron chi connectivity index (χ2n) is 5.51. The summed E-state index contributed by atoms with van der Waals surface area (Å²) in [7, 11) is 0. The smallest absolute Gasteiger partial charge is 0.391 e. The fourth-order valence-corrected chi connectivity index (χ4v) is 3.17. The van der Waals surface area contributed by atoms with Crippen LogP contribution in [0.15, 0.2) is 24.3 Å². The first kappa shape index (κ1) is 19.8. The number of halogens is 4. The average molecular weight is 390 g/mol. The number of hydrogen-bond donors (Lipinski definition) is 2. The molecule has 1 aromatic carbocycles. The van der Waals surface area contributed by atoms with E-state index >= 15 is 0 Å². The number of nitrogens with one attached hydrogen (secondary N) is 1. The van der Waals surface area contributed by atoms with Gasteiger partial charge in [0.2, 0.25) is 0 Å². The molecule has 2 rings (SSSR count). The van der Waals surface area contributed by atoms with Crippen molar-refractivity contribution < 1.29 is 32.3 Å². The molecule has 1 unspecified atom stereocenters. The van der Waals surface area contributed by atoms with Crippen molar-refractivity contribution in [1.29, 1.82) is 0 Å². The van der Waals surface area contributed by atoms with Crippen molar-refractivity contribution in [3.8, 4) is 0 Å². The number of aliphatic carboxylic acids is 1. The van der Waals surface area contributed by atoms with E-state index in [4.69, 9.17) is 5.11 Å². The van der Waals surface area contributed by atoms with Gasteiger partial charge in [0, 0.05) is 6.42 Å². The lowest BCUT2D eigenvalue weighted by Gasteiger charge is -2.15. The summed E-state index contributed by atoms with van der Waals surface area (Å²) in [5, 5.41) is 11.2. The van der Waals surface area contributed by atoms with Crippen molar-refractivity contribution in [3.05, 3.63) is 51.2 Å². The maximum absolute atomic E-state index is 12.9. The molecule has 140 valence electrons. The summed E-state index contributed by atoms with van der Waals surface area (Å²) in [6.45, 7) is 1.50. The number of aryl methyl sites for hydroxylation is 1. The number of nitrogens with zero attached hydrogens (tertiary/aromatic N) is 1. The minimum atomic E-state index is -4.73. The van der Waals surface area contributed by atoms with Gasteiger partial charge in [-0.25, -0.2) is 14.2 Å². The predicted molar refractivity (Wildman–Crippen MR) is 85.6 cm³/mol. The van der Waals surface area contributed by atoms with Crippen LogP contribution in [0, 0.1) is 12.7 Å². The minimum absolute atomic E-state index is 0.0375. The van der Waals surface area contributed by atoms with E-state index in [9.17, 15) is 27.2 Å². The molecule has 1 heterocycles. The van der Waals surface area contributed by atoms with Crippen LogP contribution in [-0.2, 0) is 11.2 Å². The van der Waals surface area contributed by atoms with E-state index in [0.29, 0.717) is 11.4 Å². The molecule has 0 bridgehead atoms. The molecule has 5 nitrogen and oxygen atoms in total. The van der Waals surface area contributed by atoms with Crippen molar-refractivity contribution in [3.63, 3.8) is 0 Å². The second-order valence-corrected chi connectivity index (χ2v) is 6.59. The number of aromatic nitrogens is 1. The number of alkyl halides is 3. The van der Waals surface area contributed by atoms with Gasteiger partial charge in [0.15, 0.2) is 0 Å². The van der Waals surface area contributed by atoms with Gasteiger partial charge in [0.25, 0.3) is 5.91 Å². The Morgan fingerprint density at radius 3 is 2.42 bits per heavy atom. The lowest BCUT2D eigenvalue weighted by Crippen LogP contribution is -2.43. The number of carbonyl (C=O) groups is 2. The number of carboxylic acids is 1. The molecule has 1 aromatic heterocycles. The fourth-order valence-electron chi connectivity index (χ4n) is 2.17. The van der Waals surface area contributed by atoms with Gasteiger partial charge in [-0.05, 0) is 24.6 Å². The molecule has 0 aliphatic rings. The SMILES string of the molecule is Cc1nc(Cc2ccc(F)cc2)sc1C(=O)NC(CC(F)(F)F)C(=O)O. The maximum Gasteiger partial charge on any atom is 0.391 e. The third-order valence-corrected chi connectivity index (χ3v) is 4.51. The van der Waals surface area contributed by atoms with Crippen LogP contribution in [0.5, 0.6) is 0 Å². The van der Waals surface area contributed by atoms with Crippen LogP contribution in [0.3, 0.4) is 0 Å². The van der Waals surface area contributed by atoms with E-state index < -0.39 is 36.3 Å². The molecular formula is C16H14F4N2O3S. The second kappa shape index (κ2) is 7.81. The summed E-state index contributed by atoms with van der Waals surface area (Å²) in [4.78, 5) is 27.3. The summed E-state index contributed by atoms with van der Waals surface area (Å²) in [5.74, 6) is -3.10. The van der Waals surface area contributed by atoms with E-state index in [0.717, 1.165) is 16.9 Å². The molecule has 0 fully saturated rings. The van der Waals surface area contributed by atoms with Gasteiger partial charge in [0.05, 0.1) is 17.1 Å². The monoisotopic (exact) mass is 390 g/mol. The standard InChI is InChI=1S/C16H14F4N2O3S/c1-8-13(14(23)22-11(15(24)25)7-16(18,19)20)26-12(21-8)6-9-2-4-10(17)5-3-9/h2-5,11H,6-7H2,1H3,(H,22,23)(H,24,25). The molecule has 0 spiro atoms. The van der Waals surface area contributed by atoms with Gasteiger partial charge in [0.1, 0.15) is 16.7 Å². The number of carboxylic acid groups (broad SMARTS) is 1. The number of thiazole rings is 1. The third-order valence-electron chi connectivity index (χ3n) is 3.35. The van der Waals surface area contributed by atoms with Crippen molar-refractivity contribution in [2.45, 2.75) is 32.0 Å². The number of hydrogen-bond acceptors (Lipinski definition) is 4. The minimum Gasteiger partial charge on any atom is -0.480 e. The van der Waals surface area contributed by atoms with Gasteiger partial charge in [-0.3, -0.25) is 4.79 Å². The Hall–Kier alpha value is -2.49. The zero-order chi connectivity index (χ0) is 19.5. The van der Waals surface area contributed by atoms with Crippen LogP contribution < -0.4 is 5.32 Å². The maximum atomic E-state index is 12.9. The number of amides is 1. The van der Waals surface area contributed by atoms with Crippen LogP contribution in [0.1, 0.15) is 32.4 Å². The predicted octanol–water partition coefficient (Wildman–Crippen LogP) is 3.32. The normalized spacial score (nSPS) is 12.7. The van der Waals surface area contributed by atoms with E-state index in [-0.39, 0.29) is 10.6 Å². The van der Waals surface area contributed by atoms with E-state index in [2.05, 4.69) is 4.98 Å². The lowest BCUT2D eigenvalue weighted by molar-refractivity contribution is -0.157. The third kappa shape index (κ3) is 5.51. The molecule has 1 atom stereocenters. The first-order valence-electron chi connectivity index (χ1n) is 7.36. The molecule has 0 aliphatic carbocycles. The highest BCUT2D eigenvalue weighted by atomic mass is 32.1. The fraction of sp³-hybridized carbons (Fsp3) is 0.312. The molecule has 10 heteroatoms. The number of rotatable bonds is 6. The van der Waals surface area contributed by atoms with E-state index in [1.54, 1.807) is 12.1 Å². The molecule has 0 radical (unpaired) electrons. The Balaban J connectivity index is 2.12. The molecule has 1 amide bonds. The molecule has 2 N–H and O–H groups in total. The zero-order valence-corrected chi connectivity index (χ0v) is 14.2. The Morgan fingerprint density at radius 2 is 1.88 bits per heavy atom.